The zero-order chi connectivity index (χ0) is 17.2. The van der Waals surface area contributed by atoms with E-state index in [1.165, 1.54) is 5.56 Å². The lowest BCUT2D eigenvalue weighted by Gasteiger charge is -2.39. The maximum absolute atomic E-state index is 12.4. The predicted octanol–water partition coefficient (Wildman–Crippen LogP) is 3.01. The van der Waals surface area contributed by atoms with Crippen LogP contribution in [0.3, 0.4) is 0 Å². The number of hydrogen-bond acceptors (Lipinski definition) is 3. The van der Waals surface area contributed by atoms with Gasteiger partial charge >= 0.3 is 5.97 Å². The maximum Gasteiger partial charge on any atom is 0.310 e. The number of carbonyl (C=O) groups excluding carboxylic acids is 1. The van der Waals surface area contributed by atoms with E-state index in [-0.39, 0.29) is 18.4 Å². The lowest BCUT2D eigenvalue weighted by atomic mass is 9.66. The van der Waals surface area contributed by atoms with Crippen molar-refractivity contribution in [3.63, 3.8) is 0 Å². The Morgan fingerprint density at radius 3 is 2.33 bits per heavy atom. The number of carboxylic acid groups (broad SMARTS) is 1. The lowest BCUT2D eigenvalue weighted by Crippen LogP contribution is -2.47. The van der Waals surface area contributed by atoms with E-state index >= 15 is 0 Å². The summed E-state index contributed by atoms with van der Waals surface area (Å²) in [5.74, 6) is 0.0234. The smallest absolute Gasteiger partial charge is 0.310 e. The number of piperidine rings is 1. The minimum Gasteiger partial charge on any atom is -0.490 e. The number of nitrogens with zero attached hydrogens (tertiary/aromatic N) is 1. The molecule has 0 unspecified atom stereocenters. The standard InChI is InChI=1S/C19H25NO4/c1-14-3-5-15(6-4-14)24-16-7-11-20(12-8-16)17(21)13-19(18(22)23)9-2-10-19/h3-6,16H,2,7-13H2,1H3,(H,22,23). The molecule has 2 fully saturated rings. The molecule has 1 aliphatic carbocycles. The Labute approximate surface area is 142 Å². The molecule has 1 N–H and O–H groups in total. The molecule has 1 saturated heterocycles. The van der Waals surface area contributed by atoms with Gasteiger partial charge in [0.25, 0.3) is 0 Å². The van der Waals surface area contributed by atoms with Gasteiger partial charge in [-0.1, -0.05) is 24.1 Å². The van der Waals surface area contributed by atoms with Crippen LogP contribution >= 0.6 is 0 Å². The topological polar surface area (TPSA) is 66.8 Å². The first-order chi connectivity index (χ1) is 11.5. The van der Waals surface area contributed by atoms with Crippen LogP contribution in [0.5, 0.6) is 5.75 Å². The van der Waals surface area contributed by atoms with Crippen LogP contribution in [0.15, 0.2) is 24.3 Å². The van der Waals surface area contributed by atoms with Gasteiger partial charge in [0.15, 0.2) is 0 Å². The Kier molecular flexibility index (Phi) is 4.78. The summed E-state index contributed by atoms with van der Waals surface area (Å²) in [6.07, 6.45) is 4.01. The fourth-order valence-electron chi connectivity index (χ4n) is 3.50. The van der Waals surface area contributed by atoms with Gasteiger partial charge in [0.05, 0.1) is 5.41 Å². The van der Waals surface area contributed by atoms with Crippen LogP contribution in [-0.2, 0) is 9.59 Å². The molecule has 0 atom stereocenters. The van der Waals surface area contributed by atoms with Crippen LogP contribution in [0.1, 0.15) is 44.1 Å². The summed E-state index contributed by atoms with van der Waals surface area (Å²) in [4.78, 5) is 25.6. The van der Waals surface area contributed by atoms with Crippen molar-refractivity contribution >= 4 is 11.9 Å². The zero-order valence-electron chi connectivity index (χ0n) is 14.2. The van der Waals surface area contributed by atoms with Crippen LogP contribution in [0.2, 0.25) is 0 Å². The molecule has 0 bridgehead atoms. The van der Waals surface area contributed by atoms with E-state index in [2.05, 4.69) is 0 Å². The van der Waals surface area contributed by atoms with Crippen LogP contribution in [0, 0.1) is 12.3 Å². The molecule has 130 valence electrons. The van der Waals surface area contributed by atoms with Crippen molar-refractivity contribution in [1.82, 2.24) is 4.90 Å². The van der Waals surface area contributed by atoms with Gasteiger partial charge in [-0.3, -0.25) is 9.59 Å². The molecule has 0 spiro atoms. The third kappa shape index (κ3) is 3.55. The first kappa shape index (κ1) is 16.8. The van der Waals surface area contributed by atoms with E-state index in [9.17, 15) is 14.7 Å². The molecular weight excluding hydrogens is 306 g/mol. The molecule has 1 amide bonds. The molecule has 3 rings (SSSR count). The molecule has 2 aliphatic rings. The highest BCUT2D eigenvalue weighted by Crippen LogP contribution is 2.44. The zero-order valence-corrected chi connectivity index (χ0v) is 14.2. The highest BCUT2D eigenvalue weighted by Gasteiger charge is 2.46. The molecule has 1 aromatic rings. The van der Waals surface area contributed by atoms with E-state index in [4.69, 9.17) is 4.74 Å². The second-order valence-electron chi connectivity index (χ2n) is 7.13. The van der Waals surface area contributed by atoms with Gasteiger partial charge in [0.2, 0.25) is 5.91 Å². The fraction of sp³-hybridized carbons (Fsp3) is 0.579. The normalized spacial score (nSPS) is 20.3. The number of aliphatic carboxylic acids is 1. The molecule has 1 aromatic carbocycles. The van der Waals surface area contributed by atoms with Crippen molar-refractivity contribution in [2.24, 2.45) is 5.41 Å². The molecule has 0 aromatic heterocycles. The fourth-order valence-corrected chi connectivity index (χ4v) is 3.50. The summed E-state index contributed by atoms with van der Waals surface area (Å²) in [5.41, 5.74) is 0.401. The Hall–Kier alpha value is -2.04. The molecule has 24 heavy (non-hydrogen) atoms. The van der Waals surface area contributed by atoms with Gasteiger partial charge in [-0.2, -0.15) is 0 Å². The van der Waals surface area contributed by atoms with Gasteiger partial charge in [-0.15, -0.1) is 0 Å². The summed E-state index contributed by atoms with van der Waals surface area (Å²) in [6.45, 7) is 3.33. The van der Waals surface area contributed by atoms with Crippen molar-refractivity contribution in [2.45, 2.75) is 51.6 Å². The van der Waals surface area contributed by atoms with Crippen molar-refractivity contribution in [3.05, 3.63) is 29.8 Å². The number of hydrogen-bond donors (Lipinski definition) is 1. The van der Waals surface area contributed by atoms with Crippen molar-refractivity contribution < 1.29 is 19.4 Å². The van der Waals surface area contributed by atoms with Crippen LogP contribution in [-0.4, -0.2) is 41.1 Å². The predicted molar refractivity (Wildman–Crippen MR) is 89.9 cm³/mol. The first-order valence-electron chi connectivity index (χ1n) is 8.73. The van der Waals surface area contributed by atoms with Gasteiger partial charge in [-0.05, 0) is 31.9 Å². The average Bonchev–Trinajstić information content (AvgIpc) is 2.53. The lowest BCUT2D eigenvalue weighted by molar-refractivity contribution is -0.160. The number of carbonyl (C=O) groups is 2. The summed E-state index contributed by atoms with van der Waals surface area (Å²) in [7, 11) is 0. The highest BCUT2D eigenvalue weighted by molar-refractivity contribution is 5.85. The van der Waals surface area contributed by atoms with E-state index in [0.717, 1.165) is 25.0 Å². The first-order valence-corrected chi connectivity index (χ1v) is 8.73. The summed E-state index contributed by atoms with van der Waals surface area (Å²) >= 11 is 0. The minimum absolute atomic E-state index is 0.0223. The van der Waals surface area contributed by atoms with Crippen molar-refractivity contribution in [3.8, 4) is 5.75 Å². The molecule has 1 heterocycles. The van der Waals surface area contributed by atoms with Crippen molar-refractivity contribution in [2.75, 3.05) is 13.1 Å². The summed E-state index contributed by atoms with van der Waals surface area (Å²) in [6, 6.07) is 8.00. The molecule has 5 nitrogen and oxygen atoms in total. The van der Waals surface area contributed by atoms with E-state index in [0.29, 0.717) is 25.9 Å². The Bertz CT molecular complexity index is 598. The Morgan fingerprint density at radius 1 is 1.21 bits per heavy atom. The Balaban J connectivity index is 1.48. The number of amides is 1. The van der Waals surface area contributed by atoms with Gasteiger partial charge in [0.1, 0.15) is 11.9 Å². The van der Waals surface area contributed by atoms with Gasteiger partial charge in [0, 0.05) is 32.4 Å². The number of carboxylic acids is 1. The quantitative estimate of drug-likeness (QED) is 0.900. The SMILES string of the molecule is Cc1ccc(OC2CCN(C(=O)CC3(C(=O)O)CCC3)CC2)cc1. The Morgan fingerprint density at radius 2 is 1.83 bits per heavy atom. The van der Waals surface area contributed by atoms with E-state index in [1.807, 2.05) is 31.2 Å². The van der Waals surface area contributed by atoms with Crippen molar-refractivity contribution in [1.29, 1.82) is 0 Å². The van der Waals surface area contributed by atoms with Crippen LogP contribution in [0.4, 0.5) is 0 Å². The maximum atomic E-state index is 12.4. The van der Waals surface area contributed by atoms with Gasteiger partial charge in [-0.25, -0.2) is 0 Å². The number of aryl methyl sites for hydroxylation is 1. The monoisotopic (exact) mass is 331 g/mol. The van der Waals surface area contributed by atoms with E-state index < -0.39 is 11.4 Å². The average molecular weight is 331 g/mol. The third-order valence-electron chi connectivity index (χ3n) is 5.37. The van der Waals surface area contributed by atoms with Crippen LogP contribution in [0.25, 0.3) is 0 Å². The molecular formula is C19H25NO4. The summed E-state index contributed by atoms with van der Waals surface area (Å²) in [5, 5.41) is 9.37. The number of benzene rings is 1. The molecule has 1 saturated carbocycles. The summed E-state index contributed by atoms with van der Waals surface area (Å²) < 4.78 is 5.98. The number of rotatable bonds is 5. The van der Waals surface area contributed by atoms with Gasteiger partial charge < -0.3 is 14.7 Å². The van der Waals surface area contributed by atoms with Crippen LogP contribution < -0.4 is 4.74 Å². The number of likely N-dealkylation sites (tertiary alicyclic amines) is 1. The largest absolute Gasteiger partial charge is 0.490 e. The second-order valence-corrected chi connectivity index (χ2v) is 7.13. The minimum atomic E-state index is -0.820. The van der Waals surface area contributed by atoms with E-state index in [1.54, 1.807) is 4.90 Å². The molecule has 5 heteroatoms. The molecule has 0 radical (unpaired) electrons. The third-order valence-corrected chi connectivity index (χ3v) is 5.37. The second kappa shape index (κ2) is 6.83. The number of ether oxygens (including phenoxy) is 1. The highest BCUT2D eigenvalue weighted by atomic mass is 16.5. The molecule has 1 aliphatic heterocycles.